The Morgan fingerprint density at radius 2 is 1.57 bits per heavy atom. The Labute approximate surface area is 249 Å². The molecule has 2 aliphatic rings. The van der Waals surface area contributed by atoms with Crippen molar-refractivity contribution in [1.82, 2.24) is 4.90 Å². The third-order valence-electron chi connectivity index (χ3n) is 8.89. The number of piperidine rings is 1. The van der Waals surface area contributed by atoms with E-state index in [1.165, 1.54) is 38.2 Å². The van der Waals surface area contributed by atoms with E-state index in [1.807, 2.05) is 30.3 Å². The molecule has 0 aromatic heterocycles. The Morgan fingerprint density at radius 1 is 0.857 bits per heavy atom. The Hall–Kier alpha value is -3.67. The van der Waals surface area contributed by atoms with Crippen molar-refractivity contribution >= 4 is 23.2 Å². The normalized spacial score (nSPS) is 19.8. The second-order valence-electron chi connectivity index (χ2n) is 13.0. The molecule has 5 rings (SSSR count). The largest absolute Gasteiger partial charge is 0.382 e. The number of amides is 2. The van der Waals surface area contributed by atoms with Gasteiger partial charge in [0.2, 0.25) is 5.91 Å². The van der Waals surface area contributed by atoms with Crippen molar-refractivity contribution in [3.8, 4) is 0 Å². The zero-order valence-corrected chi connectivity index (χ0v) is 25.4. The second-order valence-corrected chi connectivity index (χ2v) is 13.0. The summed E-state index contributed by atoms with van der Waals surface area (Å²) in [5.74, 6) is -1.51. The first-order valence-electron chi connectivity index (χ1n) is 15.5. The molecule has 1 unspecified atom stereocenters. The predicted molar refractivity (Wildman–Crippen MR) is 168 cm³/mol. The molecule has 222 valence electrons. The molecule has 3 aromatic rings. The molecule has 6 heteroatoms. The van der Waals surface area contributed by atoms with Gasteiger partial charge in [0.25, 0.3) is 5.91 Å². The average Bonchev–Trinajstić information content (AvgIpc) is 2.97. The van der Waals surface area contributed by atoms with Crippen LogP contribution in [0, 0.1) is 18.7 Å². The van der Waals surface area contributed by atoms with E-state index >= 15 is 4.39 Å². The highest BCUT2D eigenvalue weighted by Gasteiger charge is 2.40. The standard InChI is InChI=1S/C36H44FN3O2/c1-24-11-8-17-31(37)32(24)35(42)40-22-10-16-30(34(41)39-29-15-9-12-26(23-29)36(2,3)4)33(40)25-18-20-28(21-19-25)38-27-13-6-5-7-14-27/h8-9,11-12,15,17-21,23,27,30,33,38H,5-7,10,13-14,16,22H2,1-4H3,(H,39,41)/t30-,33?/m0/s1. The SMILES string of the molecule is Cc1cccc(F)c1C(=O)N1CCC[C@H](C(=O)Nc2cccc(C(C)(C)C)c2)C1c1ccc(NC2CCCCC2)cc1. The molecular formula is C36H44FN3O2. The molecule has 2 N–H and O–H groups in total. The molecule has 0 radical (unpaired) electrons. The Kier molecular flexibility index (Phi) is 9.00. The van der Waals surface area contributed by atoms with Gasteiger partial charge in [-0.2, -0.15) is 0 Å². The zero-order chi connectivity index (χ0) is 29.9. The van der Waals surface area contributed by atoms with Crippen molar-refractivity contribution in [2.24, 2.45) is 5.92 Å². The van der Waals surface area contributed by atoms with Gasteiger partial charge in [-0.25, -0.2) is 4.39 Å². The van der Waals surface area contributed by atoms with E-state index in [-0.39, 0.29) is 22.8 Å². The van der Waals surface area contributed by atoms with Crippen molar-refractivity contribution in [1.29, 1.82) is 0 Å². The predicted octanol–water partition coefficient (Wildman–Crippen LogP) is 8.41. The molecule has 2 fully saturated rings. The molecule has 5 nitrogen and oxygen atoms in total. The second kappa shape index (κ2) is 12.7. The number of carbonyl (C=O) groups excluding carboxylic acids is 2. The lowest BCUT2D eigenvalue weighted by molar-refractivity contribution is -0.123. The molecule has 42 heavy (non-hydrogen) atoms. The third-order valence-corrected chi connectivity index (χ3v) is 8.89. The zero-order valence-electron chi connectivity index (χ0n) is 25.4. The van der Waals surface area contributed by atoms with Crippen LogP contribution in [0.2, 0.25) is 0 Å². The van der Waals surface area contributed by atoms with Gasteiger partial charge in [0.05, 0.1) is 17.5 Å². The minimum atomic E-state index is -0.531. The molecule has 2 atom stereocenters. The van der Waals surface area contributed by atoms with Crippen molar-refractivity contribution in [2.45, 2.75) is 90.1 Å². The van der Waals surface area contributed by atoms with Gasteiger partial charge in [0.1, 0.15) is 5.82 Å². The maximum Gasteiger partial charge on any atom is 0.257 e. The van der Waals surface area contributed by atoms with Crippen molar-refractivity contribution < 1.29 is 14.0 Å². The smallest absolute Gasteiger partial charge is 0.257 e. The monoisotopic (exact) mass is 569 g/mol. The summed E-state index contributed by atoms with van der Waals surface area (Å²) in [5, 5.41) is 6.81. The summed E-state index contributed by atoms with van der Waals surface area (Å²) in [7, 11) is 0. The maximum atomic E-state index is 15.0. The van der Waals surface area contributed by atoms with E-state index in [4.69, 9.17) is 0 Å². The summed E-state index contributed by atoms with van der Waals surface area (Å²) in [4.78, 5) is 29.6. The van der Waals surface area contributed by atoms with Crippen LogP contribution in [0.25, 0.3) is 0 Å². The van der Waals surface area contributed by atoms with Crippen molar-refractivity contribution in [3.05, 3.63) is 94.8 Å². The molecule has 1 aliphatic heterocycles. The highest BCUT2D eigenvalue weighted by Crippen LogP contribution is 2.39. The number of carbonyl (C=O) groups is 2. The summed E-state index contributed by atoms with van der Waals surface area (Å²) in [6.45, 7) is 8.65. The number of aryl methyl sites for hydroxylation is 1. The number of hydrogen-bond donors (Lipinski definition) is 2. The highest BCUT2D eigenvalue weighted by atomic mass is 19.1. The van der Waals surface area contributed by atoms with Crippen LogP contribution in [0.5, 0.6) is 0 Å². The average molecular weight is 570 g/mol. The highest BCUT2D eigenvalue weighted by molar-refractivity contribution is 5.98. The molecule has 1 saturated carbocycles. The van der Waals surface area contributed by atoms with Crippen LogP contribution in [-0.2, 0) is 10.2 Å². The maximum absolute atomic E-state index is 15.0. The van der Waals surface area contributed by atoms with Crippen LogP contribution >= 0.6 is 0 Å². The van der Waals surface area contributed by atoms with Crippen LogP contribution in [0.3, 0.4) is 0 Å². The molecule has 1 aliphatic carbocycles. The first-order chi connectivity index (χ1) is 20.1. The number of hydrogen-bond acceptors (Lipinski definition) is 3. The van der Waals surface area contributed by atoms with Crippen LogP contribution in [0.15, 0.2) is 66.7 Å². The molecule has 3 aromatic carbocycles. The number of rotatable bonds is 6. The number of halogens is 1. The van der Waals surface area contributed by atoms with Gasteiger partial charge in [-0.1, -0.05) is 76.4 Å². The summed E-state index contributed by atoms with van der Waals surface area (Å²) in [5.41, 5.74) is 4.43. The molecule has 1 saturated heterocycles. The number of nitrogens with zero attached hydrogens (tertiary/aromatic N) is 1. The van der Waals surface area contributed by atoms with Gasteiger partial charge in [0.15, 0.2) is 0 Å². The van der Waals surface area contributed by atoms with Gasteiger partial charge in [0, 0.05) is 24.0 Å². The van der Waals surface area contributed by atoms with Gasteiger partial charge in [-0.05, 0) is 85.0 Å². The quantitative estimate of drug-likeness (QED) is 0.313. The van der Waals surface area contributed by atoms with Crippen molar-refractivity contribution in [2.75, 3.05) is 17.2 Å². The van der Waals surface area contributed by atoms with Crippen LogP contribution in [-0.4, -0.2) is 29.3 Å². The fraction of sp³-hybridized carbons (Fsp3) is 0.444. The minimum Gasteiger partial charge on any atom is -0.382 e. The minimum absolute atomic E-state index is 0.0532. The first kappa shape index (κ1) is 29.8. The van der Waals surface area contributed by atoms with Gasteiger partial charge in [-0.3, -0.25) is 9.59 Å². The van der Waals surface area contributed by atoms with E-state index in [1.54, 1.807) is 24.0 Å². The number of likely N-dealkylation sites (tertiary alicyclic amines) is 1. The summed E-state index contributed by atoms with van der Waals surface area (Å²) in [6.07, 6.45) is 7.45. The lowest BCUT2D eigenvalue weighted by atomic mass is 9.83. The lowest BCUT2D eigenvalue weighted by Gasteiger charge is -2.41. The lowest BCUT2D eigenvalue weighted by Crippen LogP contribution is -2.46. The number of nitrogens with one attached hydrogen (secondary N) is 2. The van der Waals surface area contributed by atoms with E-state index in [0.717, 1.165) is 22.5 Å². The van der Waals surface area contributed by atoms with Gasteiger partial charge in [-0.15, -0.1) is 0 Å². The van der Waals surface area contributed by atoms with E-state index in [0.29, 0.717) is 31.0 Å². The van der Waals surface area contributed by atoms with Gasteiger partial charge >= 0.3 is 0 Å². The summed E-state index contributed by atoms with van der Waals surface area (Å²) < 4.78 is 15.0. The number of benzene rings is 3. The Balaban J connectivity index is 1.46. The van der Waals surface area contributed by atoms with Crippen LogP contribution in [0.1, 0.15) is 98.8 Å². The molecule has 0 spiro atoms. The molecule has 1 heterocycles. The summed E-state index contributed by atoms with van der Waals surface area (Å²) in [6, 6.07) is 20.8. The van der Waals surface area contributed by atoms with Crippen LogP contribution < -0.4 is 10.6 Å². The molecule has 2 amide bonds. The fourth-order valence-electron chi connectivity index (χ4n) is 6.51. The Bertz CT molecular complexity index is 1390. The molecular weight excluding hydrogens is 525 g/mol. The van der Waals surface area contributed by atoms with Crippen molar-refractivity contribution in [3.63, 3.8) is 0 Å². The van der Waals surface area contributed by atoms with Gasteiger partial charge < -0.3 is 15.5 Å². The Morgan fingerprint density at radius 3 is 2.26 bits per heavy atom. The third kappa shape index (κ3) is 6.69. The number of anilines is 2. The topological polar surface area (TPSA) is 61.4 Å². The van der Waals surface area contributed by atoms with Crippen LogP contribution in [0.4, 0.5) is 15.8 Å². The van der Waals surface area contributed by atoms with E-state index in [2.05, 4.69) is 49.6 Å². The van der Waals surface area contributed by atoms with E-state index in [9.17, 15) is 9.59 Å². The first-order valence-corrected chi connectivity index (χ1v) is 15.5. The van der Waals surface area contributed by atoms with E-state index < -0.39 is 17.8 Å². The summed E-state index contributed by atoms with van der Waals surface area (Å²) >= 11 is 0. The fourth-order valence-corrected chi connectivity index (χ4v) is 6.51. The molecule has 0 bridgehead atoms.